The van der Waals surface area contributed by atoms with E-state index in [9.17, 15) is 0 Å². The zero-order valence-corrected chi connectivity index (χ0v) is 25.6. The number of hydrogen-bond acceptors (Lipinski definition) is 0. The van der Waals surface area contributed by atoms with Crippen molar-refractivity contribution >= 4 is 38.4 Å². The van der Waals surface area contributed by atoms with E-state index in [2.05, 4.69) is 170 Å². The average Bonchev–Trinajstić information content (AvgIpc) is 3.13. The Morgan fingerprint density at radius 2 is 0.957 bits per heavy atom. The van der Waals surface area contributed by atoms with E-state index in [4.69, 9.17) is 0 Å². The third-order valence-corrected chi connectivity index (χ3v) is 9.72. The second-order valence-corrected chi connectivity index (χ2v) is 12.3. The van der Waals surface area contributed by atoms with Gasteiger partial charge in [0.25, 0.3) is 0 Å². The molecule has 8 aromatic carbocycles. The van der Waals surface area contributed by atoms with Crippen LogP contribution in [0.5, 0.6) is 0 Å². The SMILES string of the molecule is C1=Cc2c(c(-c3ccc4ccccc4c3)c3ccccc3c2-c2cccc(-c3ccc(-c4ccccc4)c4ccccc34)c2)CC1. The number of benzene rings is 8. The fourth-order valence-electron chi connectivity index (χ4n) is 7.63. The molecule has 0 radical (unpaired) electrons. The van der Waals surface area contributed by atoms with Gasteiger partial charge >= 0.3 is 0 Å². The lowest BCUT2D eigenvalue weighted by atomic mass is 9.79. The molecule has 0 heteroatoms. The minimum absolute atomic E-state index is 1.04. The minimum Gasteiger partial charge on any atom is -0.0836 e. The molecule has 216 valence electrons. The molecule has 0 atom stereocenters. The van der Waals surface area contributed by atoms with Crippen molar-refractivity contribution in [3.8, 4) is 44.5 Å². The van der Waals surface area contributed by atoms with Crippen molar-refractivity contribution in [3.05, 3.63) is 175 Å². The van der Waals surface area contributed by atoms with E-state index >= 15 is 0 Å². The molecule has 46 heavy (non-hydrogen) atoms. The molecule has 0 saturated heterocycles. The maximum Gasteiger partial charge on any atom is -0.00295 e. The van der Waals surface area contributed by atoms with Crippen LogP contribution in [-0.4, -0.2) is 0 Å². The van der Waals surface area contributed by atoms with Crippen LogP contribution in [0.3, 0.4) is 0 Å². The van der Waals surface area contributed by atoms with Gasteiger partial charge in [0.2, 0.25) is 0 Å². The number of hydrogen-bond donors (Lipinski definition) is 0. The Balaban J connectivity index is 1.26. The molecule has 9 rings (SSSR count). The van der Waals surface area contributed by atoms with Crippen LogP contribution in [-0.2, 0) is 6.42 Å². The number of rotatable bonds is 4. The van der Waals surface area contributed by atoms with E-state index in [0.29, 0.717) is 0 Å². The summed E-state index contributed by atoms with van der Waals surface area (Å²) in [7, 11) is 0. The highest BCUT2D eigenvalue weighted by molar-refractivity contribution is 6.11. The molecule has 0 fully saturated rings. The summed E-state index contributed by atoms with van der Waals surface area (Å²) in [5.41, 5.74) is 13.1. The number of allylic oxidation sites excluding steroid dienone is 1. The Morgan fingerprint density at radius 3 is 1.74 bits per heavy atom. The van der Waals surface area contributed by atoms with Crippen LogP contribution in [0, 0.1) is 0 Å². The molecule has 0 amide bonds. The number of fused-ring (bicyclic) bond motifs is 4. The molecule has 0 saturated carbocycles. The molecule has 0 unspecified atom stereocenters. The molecule has 0 aromatic heterocycles. The fraction of sp³-hybridized carbons (Fsp3) is 0.0435. The summed E-state index contributed by atoms with van der Waals surface area (Å²) < 4.78 is 0. The molecule has 0 bridgehead atoms. The van der Waals surface area contributed by atoms with Crippen LogP contribution >= 0.6 is 0 Å². The Morgan fingerprint density at radius 1 is 0.370 bits per heavy atom. The first-order valence-electron chi connectivity index (χ1n) is 16.2. The van der Waals surface area contributed by atoms with E-state index in [-0.39, 0.29) is 0 Å². The lowest BCUT2D eigenvalue weighted by molar-refractivity contribution is 0.991. The Kier molecular flexibility index (Phi) is 6.39. The van der Waals surface area contributed by atoms with Crippen LogP contribution in [0.15, 0.2) is 164 Å². The highest BCUT2D eigenvalue weighted by Crippen LogP contribution is 2.46. The third-order valence-electron chi connectivity index (χ3n) is 9.72. The second-order valence-electron chi connectivity index (χ2n) is 12.3. The van der Waals surface area contributed by atoms with Gasteiger partial charge in [-0.05, 0) is 113 Å². The monoisotopic (exact) mass is 584 g/mol. The van der Waals surface area contributed by atoms with E-state index in [1.54, 1.807) is 0 Å². The van der Waals surface area contributed by atoms with E-state index in [1.165, 1.54) is 88.0 Å². The van der Waals surface area contributed by atoms with E-state index < -0.39 is 0 Å². The summed E-state index contributed by atoms with van der Waals surface area (Å²) in [4.78, 5) is 0. The van der Waals surface area contributed by atoms with Crippen LogP contribution in [0.2, 0.25) is 0 Å². The minimum atomic E-state index is 1.04. The van der Waals surface area contributed by atoms with Crippen molar-refractivity contribution in [1.82, 2.24) is 0 Å². The molecule has 0 nitrogen and oxygen atoms in total. The average molecular weight is 585 g/mol. The van der Waals surface area contributed by atoms with Crippen LogP contribution in [0.4, 0.5) is 0 Å². The molecule has 0 spiro atoms. The van der Waals surface area contributed by atoms with Gasteiger partial charge in [0, 0.05) is 0 Å². The normalized spacial score (nSPS) is 12.5. The summed E-state index contributed by atoms with van der Waals surface area (Å²) in [6.45, 7) is 0. The lowest BCUT2D eigenvalue weighted by Crippen LogP contribution is -2.02. The van der Waals surface area contributed by atoms with Crippen molar-refractivity contribution in [2.45, 2.75) is 12.8 Å². The summed E-state index contributed by atoms with van der Waals surface area (Å²) in [6, 6.07) is 58.0. The molecule has 0 heterocycles. The lowest BCUT2D eigenvalue weighted by Gasteiger charge is -2.24. The van der Waals surface area contributed by atoms with Crippen LogP contribution < -0.4 is 0 Å². The van der Waals surface area contributed by atoms with Crippen molar-refractivity contribution in [2.24, 2.45) is 0 Å². The zero-order valence-electron chi connectivity index (χ0n) is 25.6. The van der Waals surface area contributed by atoms with Crippen LogP contribution in [0.1, 0.15) is 17.5 Å². The Labute approximate surface area is 269 Å². The summed E-state index contributed by atoms with van der Waals surface area (Å²) in [6.07, 6.45) is 6.83. The highest BCUT2D eigenvalue weighted by atomic mass is 14.3. The van der Waals surface area contributed by atoms with Crippen molar-refractivity contribution in [2.75, 3.05) is 0 Å². The molecular formula is C46H32. The summed E-state index contributed by atoms with van der Waals surface area (Å²) in [5, 5.41) is 7.75. The molecule has 0 aliphatic heterocycles. The van der Waals surface area contributed by atoms with Gasteiger partial charge < -0.3 is 0 Å². The second kappa shape index (κ2) is 11.0. The standard InChI is InChI=1S/C46H32/c1-2-14-32(15-3-1)37-27-28-38(40-20-7-6-19-39(37)40)34-17-12-18-35(30-34)45-41-21-8-10-23-43(41)46(44-24-11-9-22-42(44)45)36-26-25-31-13-4-5-16-33(31)29-36/h1-10,12-23,25-30H,11,24H2. The third kappa shape index (κ3) is 4.37. The molecule has 8 aromatic rings. The van der Waals surface area contributed by atoms with Crippen molar-refractivity contribution in [1.29, 1.82) is 0 Å². The van der Waals surface area contributed by atoms with Gasteiger partial charge in [-0.15, -0.1) is 0 Å². The molecular weight excluding hydrogens is 553 g/mol. The van der Waals surface area contributed by atoms with Crippen LogP contribution in [0.25, 0.3) is 82.9 Å². The quantitative estimate of drug-likeness (QED) is 0.193. The van der Waals surface area contributed by atoms with Gasteiger partial charge in [0.1, 0.15) is 0 Å². The maximum absolute atomic E-state index is 2.41. The van der Waals surface area contributed by atoms with Gasteiger partial charge in [-0.1, -0.05) is 158 Å². The summed E-state index contributed by atoms with van der Waals surface area (Å²) in [5.74, 6) is 0. The molecule has 1 aliphatic rings. The van der Waals surface area contributed by atoms with Gasteiger partial charge in [-0.3, -0.25) is 0 Å². The van der Waals surface area contributed by atoms with E-state index in [1.807, 2.05) is 0 Å². The predicted octanol–water partition coefficient (Wildman–Crippen LogP) is 12.8. The van der Waals surface area contributed by atoms with Crippen molar-refractivity contribution in [3.63, 3.8) is 0 Å². The van der Waals surface area contributed by atoms with Gasteiger partial charge in [-0.25, -0.2) is 0 Å². The topological polar surface area (TPSA) is 0 Å². The highest BCUT2D eigenvalue weighted by Gasteiger charge is 2.22. The Hall–Kier alpha value is -5.72. The van der Waals surface area contributed by atoms with E-state index in [0.717, 1.165) is 12.8 Å². The largest absolute Gasteiger partial charge is 0.0836 e. The first-order valence-corrected chi connectivity index (χ1v) is 16.2. The summed E-state index contributed by atoms with van der Waals surface area (Å²) >= 11 is 0. The van der Waals surface area contributed by atoms with Gasteiger partial charge in [0.15, 0.2) is 0 Å². The Bertz CT molecular complexity index is 2460. The van der Waals surface area contributed by atoms with Gasteiger partial charge in [-0.2, -0.15) is 0 Å². The first kappa shape index (κ1) is 26.7. The van der Waals surface area contributed by atoms with Crippen molar-refractivity contribution < 1.29 is 0 Å². The predicted molar refractivity (Wildman–Crippen MR) is 198 cm³/mol. The smallest absolute Gasteiger partial charge is 0.00295 e. The molecule has 1 aliphatic carbocycles. The zero-order chi connectivity index (χ0) is 30.5. The first-order chi connectivity index (χ1) is 22.8. The van der Waals surface area contributed by atoms with Gasteiger partial charge in [0.05, 0.1) is 0 Å². The fourth-order valence-corrected chi connectivity index (χ4v) is 7.63. The maximum atomic E-state index is 2.41. The molecule has 0 N–H and O–H groups in total.